The van der Waals surface area contributed by atoms with Gasteiger partial charge in [-0.05, 0) is 54.4 Å². The Labute approximate surface area is 119 Å². The first kappa shape index (κ1) is 13.7. The second-order valence-electron chi connectivity index (χ2n) is 4.12. The smallest absolute Gasteiger partial charge is 0.255 e. The van der Waals surface area contributed by atoms with Gasteiger partial charge in [-0.25, -0.2) is 4.39 Å². The van der Waals surface area contributed by atoms with Crippen LogP contribution in [0, 0.1) is 5.82 Å². The molecule has 4 heteroatoms. The van der Waals surface area contributed by atoms with Crippen molar-refractivity contribution < 1.29 is 9.18 Å². The highest BCUT2D eigenvalue weighted by atomic mass is 79.9. The van der Waals surface area contributed by atoms with Crippen LogP contribution in [0.4, 0.5) is 10.1 Å². The second-order valence-corrected chi connectivity index (χ2v) is 5.03. The van der Waals surface area contributed by atoms with Gasteiger partial charge in [0.1, 0.15) is 5.82 Å². The number of benzene rings is 2. The predicted molar refractivity (Wildman–Crippen MR) is 77.9 cm³/mol. The van der Waals surface area contributed by atoms with Gasteiger partial charge in [-0.1, -0.05) is 22.9 Å². The van der Waals surface area contributed by atoms with Crippen LogP contribution >= 0.6 is 15.9 Å². The van der Waals surface area contributed by atoms with E-state index in [1.165, 1.54) is 24.3 Å². The Bertz CT molecular complexity index is 596. The molecule has 98 valence electrons. The van der Waals surface area contributed by atoms with Gasteiger partial charge in [-0.2, -0.15) is 0 Å². The average molecular weight is 322 g/mol. The van der Waals surface area contributed by atoms with Crippen LogP contribution in [-0.4, -0.2) is 5.91 Å². The van der Waals surface area contributed by atoms with Crippen molar-refractivity contribution in [2.24, 2.45) is 0 Å². The zero-order valence-electron chi connectivity index (χ0n) is 10.4. The number of anilines is 1. The van der Waals surface area contributed by atoms with Gasteiger partial charge in [0, 0.05) is 15.7 Å². The van der Waals surface area contributed by atoms with Gasteiger partial charge in [0.25, 0.3) is 5.91 Å². The summed E-state index contributed by atoms with van der Waals surface area (Å²) in [5.41, 5.74) is 2.26. The molecule has 0 radical (unpaired) electrons. The van der Waals surface area contributed by atoms with Gasteiger partial charge in [0.15, 0.2) is 0 Å². The molecule has 0 aromatic heterocycles. The maximum atomic E-state index is 12.8. The Morgan fingerprint density at radius 1 is 1.21 bits per heavy atom. The minimum atomic E-state index is -0.352. The summed E-state index contributed by atoms with van der Waals surface area (Å²) in [6, 6.07) is 11.2. The molecule has 2 aromatic carbocycles. The number of rotatable bonds is 3. The Kier molecular flexibility index (Phi) is 4.32. The molecule has 2 nitrogen and oxygen atoms in total. The Hall–Kier alpha value is -1.68. The first-order chi connectivity index (χ1) is 9.10. The highest BCUT2D eigenvalue weighted by Crippen LogP contribution is 2.22. The molecule has 0 heterocycles. The summed E-state index contributed by atoms with van der Waals surface area (Å²) in [7, 11) is 0. The van der Waals surface area contributed by atoms with Gasteiger partial charge in [-0.15, -0.1) is 0 Å². The normalized spacial score (nSPS) is 10.3. The summed E-state index contributed by atoms with van der Waals surface area (Å²) in [6.45, 7) is 2.02. The zero-order valence-corrected chi connectivity index (χ0v) is 12.0. The number of carbonyl (C=O) groups is 1. The standard InChI is InChI=1S/C15H13BrFNO/c1-2-10-9-12(16)5-8-14(10)18-15(19)11-3-6-13(17)7-4-11/h3-9H,2H2,1H3,(H,18,19). The molecule has 0 atom stereocenters. The van der Waals surface area contributed by atoms with E-state index >= 15 is 0 Å². The molecule has 0 spiro atoms. The lowest BCUT2D eigenvalue weighted by Gasteiger charge is -2.10. The summed E-state index contributed by atoms with van der Waals surface area (Å²) in [5.74, 6) is -0.591. The molecule has 0 fully saturated rings. The van der Waals surface area contributed by atoms with Crippen LogP contribution in [0.2, 0.25) is 0 Å². The molecule has 0 unspecified atom stereocenters. The minimum Gasteiger partial charge on any atom is -0.322 e. The fourth-order valence-electron chi connectivity index (χ4n) is 1.77. The minimum absolute atomic E-state index is 0.239. The molecule has 0 aliphatic rings. The quantitative estimate of drug-likeness (QED) is 0.891. The van der Waals surface area contributed by atoms with Crippen LogP contribution in [0.25, 0.3) is 0 Å². The average Bonchev–Trinajstić information content (AvgIpc) is 2.41. The van der Waals surface area contributed by atoms with E-state index in [2.05, 4.69) is 21.2 Å². The predicted octanol–water partition coefficient (Wildman–Crippen LogP) is 4.40. The van der Waals surface area contributed by atoms with Crippen LogP contribution in [-0.2, 0) is 6.42 Å². The van der Waals surface area contributed by atoms with Crippen molar-refractivity contribution in [1.82, 2.24) is 0 Å². The maximum Gasteiger partial charge on any atom is 0.255 e. The van der Waals surface area contributed by atoms with E-state index < -0.39 is 0 Å². The van der Waals surface area contributed by atoms with Crippen molar-refractivity contribution in [3.63, 3.8) is 0 Å². The largest absolute Gasteiger partial charge is 0.322 e. The lowest BCUT2D eigenvalue weighted by molar-refractivity contribution is 0.102. The third-order valence-electron chi connectivity index (χ3n) is 2.80. The molecule has 2 rings (SSSR count). The Balaban J connectivity index is 2.21. The first-order valence-corrected chi connectivity index (χ1v) is 6.75. The molecular formula is C15H13BrFNO. The molecule has 0 aliphatic carbocycles. The summed E-state index contributed by atoms with van der Waals surface area (Å²) in [5, 5.41) is 2.84. The summed E-state index contributed by atoms with van der Waals surface area (Å²) < 4.78 is 13.8. The van der Waals surface area contributed by atoms with Crippen molar-refractivity contribution >= 4 is 27.5 Å². The van der Waals surface area contributed by atoms with Gasteiger partial charge >= 0.3 is 0 Å². The van der Waals surface area contributed by atoms with Crippen molar-refractivity contribution in [1.29, 1.82) is 0 Å². The fourth-order valence-corrected chi connectivity index (χ4v) is 2.18. The lowest BCUT2D eigenvalue weighted by atomic mass is 10.1. The number of halogens is 2. The highest BCUT2D eigenvalue weighted by molar-refractivity contribution is 9.10. The SMILES string of the molecule is CCc1cc(Br)ccc1NC(=O)c1ccc(F)cc1. The van der Waals surface area contributed by atoms with Gasteiger partial charge in [0.05, 0.1) is 0 Å². The van der Waals surface area contributed by atoms with E-state index in [1.807, 2.05) is 25.1 Å². The van der Waals surface area contributed by atoms with E-state index in [-0.39, 0.29) is 11.7 Å². The van der Waals surface area contributed by atoms with Crippen molar-refractivity contribution in [3.05, 3.63) is 63.9 Å². The molecule has 0 bridgehead atoms. The number of aryl methyl sites for hydroxylation is 1. The van der Waals surface area contributed by atoms with E-state index in [4.69, 9.17) is 0 Å². The van der Waals surface area contributed by atoms with E-state index in [0.717, 1.165) is 22.1 Å². The highest BCUT2D eigenvalue weighted by Gasteiger charge is 2.08. The molecule has 0 aliphatic heterocycles. The summed E-state index contributed by atoms with van der Waals surface area (Å²) >= 11 is 3.40. The number of amides is 1. The number of carbonyl (C=O) groups excluding carboxylic acids is 1. The fraction of sp³-hybridized carbons (Fsp3) is 0.133. The van der Waals surface area contributed by atoms with Crippen LogP contribution in [0.5, 0.6) is 0 Å². The van der Waals surface area contributed by atoms with E-state index in [9.17, 15) is 9.18 Å². The summed E-state index contributed by atoms with van der Waals surface area (Å²) in [4.78, 5) is 12.0. The molecule has 1 N–H and O–H groups in total. The third-order valence-corrected chi connectivity index (χ3v) is 3.30. The molecular weight excluding hydrogens is 309 g/mol. The zero-order chi connectivity index (χ0) is 13.8. The molecule has 0 saturated heterocycles. The number of hydrogen-bond donors (Lipinski definition) is 1. The molecule has 19 heavy (non-hydrogen) atoms. The van der Waals surface area contributed by atoms with Gasteiger partial charge < -0.3 is 5.32 Å². The topological polar surface area (TPSA) is 29.1 Å². The lowest BCUT2D eigenvalue weighted by Crippen LogP contribution is -2.13. The monoisotopic (exact) mass is 321 g/mol. The third kappa shape index (κ3) is 3.41. The van der Waals surface area contributed by atoms with E-state index in [1.54, 1.807) is 0 Å². The number of nitrogens with one attached hydrogen (secondary N) is 1. The van der Waals surface area contributed by atoms with Gasteiger partial charge in [0.2, 0.25) is 0 Å². The molecule has 1 amide bonds. The second kappa shape index (κ2) is 5.97. The van der Waals surface area contributed by atoms with Crippen LogP contribution in [0.3, 0.4) is 0 Å². The van der Waals surface area contributed by atoms with Crippen LogP contribution in [0.1, 0.15) is 22.8 Å². The van der Waals surface area contributed by atoms with Gasteiger partial charge in [-0.3, -0.25) is 4.79 Å². The molecule has 2 aromatic rings. The summed E-state index contributed by atoms with van der Waals surface area (Å²) in [6.07, 6.45) is 0.818. The van der Waals surface area contributed by atoms with Crippen molar-refractivity contribution in [3.8, 4) is 0 Å². The van der Waals surface area contributed by atoms with Crippen molar-refractivity contribution in [2.75, 3.05) is 5.32 Å². The first-order valence-electron chi connectivity index (χ1n) is 5.95. The Morgan fingerprint density at radius 3 is 2.53 bits per heavy atom. The van der Waals surface area contributed by atoms with Crippen LogP contribution < -0.4 is 5.32 Å². The van der Waals surface area contributed by atoms with Crippen molar-refractivity contribution in [2.45, 2.75) is 13.3 Å². The number of hydrogen-bond acceptors (Lipinski definition) is 1. The van der Waals surface area contributed by atoms with E-state index in [0.29, 0.717) is 5.56 Å². The molecule has 0 saturated carbocycles. The maximum absolute atomic E-state index is 12.8. The van der Waals surface area contributed by atoms with Crippen LogP contribution in [0.15, 0.2) is 46.9 Å². The Morgan fingerprint density at radius 2 is 1.89 bits per heavy atom.